The molecule has 2 aliphatic heterocycles. The minimum atomic E-state index is -4.74. The number of aromatic nitrogens is 1. The van der Waals surface area contributed by atoms with Crippen LogP contribution in [0.1, 0.15) is 22.7 Å². The number of hydrogen-bond acceptors (Lipinski definition) is 6. The average Bonchev–Trinajstić information content (AvgIpc) is 3.22. The molecule has 3 heterocycles. The lowest BCUT2D eigenvalue weighted by molar-refractivity contribution is -0.274. The Kier molecular flexibility index (Phi) is 6.77. The van der Waals surface area contributed by atoms with Crippen molar-refractivity contribution in [1.82, 2.24) is 9.88 Å². The van der Waals surface area contributed by atoms with Crippen molar-refractivity contribution < 1.29 is 22.7 Å². The van der Waals surface area contributed by atoms with E-state index in [9.17, 15) is 18.0 Å². The van der Waals surface area contributed by atoms with Crippen LogP contribution in [0.25, 0.3) is 0 Å². The van der Waals surface area contributed by atoms with Crippen LogP contribution in [0.4, 0.5) is 24.5 Å². The normalized spacial score (nSPS) is 18.3. The molecule has 0 amide bonds. The van der Waals surface area contributed by atoms with Gasteiger partial charge in [-0.2, -0.15) is 0 Å². The van der Waals surface area contributed by atoms with Gasteiger partial charge in [-0.3, -0.25) is 9.88 Å². The van der Waals surface area contributed by atoms with Crippen LogP contribution in [-0.4, -0.2) is 48.7 Å². The summed E-state index contributed by atoms with van der Waals surface area (Å²) in [5.41, 5.74) is 4.73. The van der Waals surface area contributed by atoms with E-state index in [1.165, 1.54) is 12.1 Å². The van der Waals surface area contributed by atoms with E-state index in [2.05, 4.69) is 25.6 Å². The van der Waals surface area contributed by atoms with E-state index in [-0.39, 0.29) is 5.75 Å². The maximum absolute atomic E-state index is 12.4. The summed E-state index contributed by atoms with van der Waals surface area (Å²) in [5, 5.41) is 0.549. The van der Waals surface area contributed by atoms with Gasteiger partial charge in [-0.15, -0.1) is 13.2 Å². The molecular formula is C26H24ClF3N4O2. The van der Waals surface area contributed by atoms with E-state index in [0.29, 0.717) is 18.1 Å². The number of halogens is 4. The van der Waals surface area contributed by atoms with Crippen LogP contribution < -0.4 is 14.5 Å². The molecule has 1 atom stereocenters. The van der Waals surface area contributed by atoms with Gasteiger partial charge >= 0.3 is 6.36 Å². The van der Waals surface area contributed by atoms with E-state index in [0.717, 1.165) is 60.5 Å². The number of anilines is 2. The lowest BCUT2D eigenvalue weighted by Crippen LogP contribution is -2.46. The Morgan fingerprint density at radius 1 is 0.972 bits per heavy atom. The highest BCUT2D eigenvalue weighted by molar-refractivity contribution is 6.32. The van der Waals surface area contributed by atoms with Crippen LogP contribution >= 0.6 is 11.6 Å². The van der Waals surface area contributed by atoms with Gasteiger partial charge < -0.3 is 19.3 Å². The van der Waals surface area contributed by atoms with Gasteiger partial charge in [0.25, 0.3) is 0 Å². The molecule has 1 saturated heterocycles. The van der Waals surface area contributed by atoms with Gasteiger partial charge in [0.15, 0.2) is 0 Å². The van der Waals surface area contributed by atoms with Crippen LogP contribution in [0, 0.1) is 0 Å². The van der Waals surface area contributed by atoms with Crippen molar-refractivity contribution in [3.63, 3.8) is 0 Å². The Morgan fingerprint density at radius 3 is 2.22 bits per heavy atom. The third kappa shape index (κ3) is 5.27. The summed E-state index contributed by atoms with van der Waals surface area (Å²) in [4.78, 5) is 22.7. The van der Waals surface area contributed by atoms with E-state index in [4.69, 9.17) is 11.6 Å². The van der Waals surface area contributed by atoms with E-state index in [1.807, 2.05) is 23.1 Å². The predicted molar refractivity (Wildman–Crippen MR) is 131 cm³/mol. The third-order valence-corrected chi connectivity index (χ3v) is 6.92. The summed E-state index contributed by atoms with van der Waals surface area (Å²) in [6, 6.07) is 13.2. The Balaban J connectivity index is 1.28. The molecule has 2 aliphatic rings. The molecule has 1 aromatic heterocycles. The summed E-state index contributed by atoms with van der Waals surface area (Å²) >= 11 is 6.69. The number of aldehydes is 1. The lowest BCUT2D eigenvalue weighted by Gasteiger charge is -2.37. The summed E-state index contributed by atoms with van der Waals surface area (Å²) in [7, 11) is 0. The van der Waals surface area contributed by atoms with E-state index < -0.39 is 12.4 Å². The first kappa shape index (κ1) is 24.4. The number of nitrogens with zero attached hydrogens (tertiary/aromatic N) is 4. The molecule has 0 saturated carbocycles. The van der Waals surface area contributed by atoms with E-state index >= 15 is 0 Å². The number of pyridine rings is 1. The maximum atomic E-state index is 12.4. The fourth-order valence-electron chi connectivity index (χ4n) is 4.92. The molecule has 1 fully saturated rings. The van der Waals surface area contributed by atoms with Gasteiger partial charge in [-0.05, 0) is 53.1 Å². The Morgan fingerprint density at radius 2 is 1.61 bits per heavy atom. The molecule has 6 nitrogen and oxygen atoms in total. The largest absolute Gasteiger partial charge is 0.573 e. The van der Waals surface area contributed by atoms with Crippen LogP contribution in [0.3, 0.4) is 0 Å². The first-order chi connectivity index (χ1) is 17.3. The summed E-state index contributed by atoms with van der Waals surface area (Å²) in [5.74, 6) is -0.278. The van der Waals surface area contributed by atoms with Crippen molar-refractivity contribution in [1.29, 1.82) is 0 Å². The molecule has 10 heteroatoms. The maximum Gasteiger partial charge on any atom is 0.573 e. The highest BCUT2D eigenvalue weighted by atomic mass is 35.5. The number of hydrogen-bond donors (Lipinski definition) is 0. The van der Waals surface area contributed by atoms with Crippen molar-refractivity contribution in [3.05, 3.63) is 82.6 Å². The van der Waals surface area contributed by atoms with Crippen LogP contribution in [-0.2, 0) is 17.9 Å². The van der Waals surface area contributed by atoms with Crippen LogP contribution in [0.2, 0.25) is 5.02 Å². The van der Waals surface area contributed by atoms with Crippen molar-refractivity contribution in [2.24, 2.45) is 0 Å². The van der Waals surface area contributed by atoms with Gasteiger partial charge in [-0.1, -0.05) is 23.7 Å². The first-order valence-electron chi connectivity index (χ1n) is 11.6. The minimum Gasteiger partial charge on any atom is -0.406 e. The van der Waals surface area contributed by atoms with Gasteiger partial charge in [0.2, 0.25) is 0 Å². The summed E-state index contributed by atoms with van der Waals surface area (Å²) in [6.45, 7) is 4.33. The molecule has 0 spiro atoms. The number of piperazine rings is 1. The highest BCUT2D eigenvalue weighted by Gasteiger charge is 2.34. The quantitative estimate of drug-likeness (QED) is 0.419. The Bertz CT molecular complexity index is 1220. The summed E-state index contributed by atoms with van der Waals surface area (Å²) < 4.78 is 41.2. The zero-order chi connectivity index (χ0) is 25.3. The zero-order valence-electron chi connectivity index (χ0n) is 19.3. The topological polar surface area (TPSA) is 48.9 Å². The molecule has 188 valence electrons. The molecule has 0 aliphatic carbocycles. The second-order valence-electron chi connectivity index (χ2n) is 8.86. The molecule has 1 unspecified atom stereocenters. The number of ether oxygens (including phenoxy) is 1. The van der Waals surface area contributed by atoms with Gasteiger partial charge in [0.1, 0.15) is 12.0 Å². The zero-order valence-corrected chi connectivity index (χ0v) is 20.0. The van der Waals surface area contributed by atoms with Gasteiger partial charge in [0, 0.05) is 68.1 Å². The van der Waals surface area contributed by atoms with Crippen LogP contribution in [0.15, 0.2) is 60.9 Å². The monoisotopic (exact) mass is 516 g/mol. The SMILES string of the molecule is O=CC1c2c(Cl)cc(N3CCN(c4ccncc4)CC3)cc2CN1Cc1ccc(OC(F)(F)F)cc1. The first-order valence-corrected chi connectivity index (χ1v) is 11.9. The highest BCUT2D eigenvalue weighted by Crippen LogP contribution is 2.41. The average molecular weight is 517 g/mol. The van der Waals surface area contributed by atoms with E-state index in [1.54, 1.807) is 24.5 Å². The molecule has 3 aromatic rings. The second-order valence-corrected chi connectivity index (χ2v) is 9.26. The number of carbonyl (C=O) groups is 1. The smallest absolute Gasteiger partial charge is 0.406 e. The minimum absolute atomic E-state index is 0.278. The number of benzene rings is 2. The third-order valence-electron chi connectivity index (χ3n) is 6.61. The van der Waals surface area contributed by atoms with Crippen molar-refractivity contribution >= 4 is 29.3 Å². The standard InChI is InChI=1S/C26H24ClF3N4O2/c27-23-14-21(33-11-9-32(10-12-33)20-5-7-31-8-6-20)13-19-16-34(24(17-35)25(19)23)15-18-1-3-22(4-2-18)36-26(28,29)30/h1-8,13-14,17,24H,9-12,15-16H2. The Hall–Kier alpha value is -3.30. The lowest BCUT2D eigenvalue weighted by atomic mass is 10.0. The fraction of sp³-hybridized carbons (Fsp3) is 0.308. The molecule has 0 radical (unpaired) electrons. The van der Waals surface area contributed by atoms with Crippen molar-refractivity contribution in [2.45, 2.75) is 25.5 Å². The number of rotatable bonds is 6. The molecule has 0 N–H and O–H groups in total. The number of fused-ring (bicyclic) bond motifs is 1. The number of alkyl halides is 3. The summed E-state index contributed by atoms with van der Waals surface area (Å²) in [6.07, 6.45) is -0.281. The molecule has 2 aromatic carbocycles. The van der Waals surface area contributed by atoms with Crippen molar-refractivity contribution in [3.8, 4) is 5.75 Å². The van der Waals surface area contributed by atoms with Gasteiger partial charge in [-0.25, -0.2) is 0 Å². The second kappa shape index (κ2) is 9.99. The van der Waals surface area contributed by atoms with Crippen molar-refractivity contribution in [2.75, 3.05) is 36.0 Å². The Labute approximate surface area is 211 Å². The molecular weight excluding hydrogens is 493 g/mol. The molecule has 36 heavy (non-hydrogen) atoms. The predicted octanol–water partition coefficient (Wildman–Crippen LogP) is 5.22. The van der Waals surface area contributed by atoms with Crippen LogP contribution in [0.5, 0.6) is 5.75 Å². The number of carbonyl (C=O) groups excluding carboxylic acids is 1. The molecule has 5 rings (SSSR count). The van der Waals surface area contributed by atoms with Gasteiger partial charge in [0.05, 0.1) is 6.04 Å². The molecule has 0 bridgehead atoms. The fourth-order valence-corrected chi connectivity index (χ4v) is 5.27.